The Kier molecular flexibility index (Phi) is 4.43. The Labute approximate surface area is 141 Å². The Morgan fingerprint density at radius 1 is 1.38 bits per heavy atom. The number of imidazole rings is 1. The van der Waals surface area contributed by atoms with Gasteiger partial charge < -0.3 is 10.7 Å². The predicted molar refractivity (Wildman–Crippen MR) is 94.1 cm³/mol. The molecule has 0 aliphatic carbocycles. The Hall–Kier alpha value is -2.55. The van der Waals surface area contributed by atoms with Gasteiger partial charge in [0.15, 0.2) is 11.5 Å². The zero-order valence-electron chi connectivity index (χ0n) is 13.5. The van der Waals surface area contributed by atoms with Gasteiger partial charge in [-0.1, -0.05) is 13.0 Å². The molecule has 0 bridgehead atoms. The number of pyridine rings is 1. The molecular weight excluding hydrogens is 326 g/mol. The highest BCUT2D eigenvalue weighted by Gasteiger charge is 2.15. The summed E-state index contributed by atoms with van der Waals surface area (Å²) in [4.78, 5) is 27.9. The molecular formula is C15H19N7OS. The quantitative estimate of drug-likeness (QED) is 0.605. The fourth-order valence-electron chi connectivity index (χ4n) is 2.36. The van der Waals surface area contributed by atoms with E-state index in [4.69, 9.17) is 10.5 Å². The Morgan fingerprint density at radius 3 is 2.83 bits per heavy atom. The van der Waals surface area contributed by atoms with E-state index < -0.39 is 10.7 Å². The monoisotopic (exact) mass is 345 g/mol. The van der Waals surface area contributed by atoms with Gasteiger partial charge in [0.1, 0.15) is 5.52 Å². The number of hydrogen-bond acceptors (Lipinski definition) is 6. The number of aromatic nitrogens is 5. The van der Waals surface area contributed by atoms with Crippen molar-refractivity contribution in [3.63, 3.8) is 0 Å². The summed E-state index contributed by atoms with van der Waals surface area (Å²) in [5.74, 6) is 0.871. The molecule has 8 nitrogen and oxygen atoms in total. The van der Waals surface area contributed by atoms with E-state index in [1.165, 1.54) is 4.57 Å². The smallest absolute Gasteiger partial charge is 0.328 e. The van der Waals surface area contributed by atoms with Gasteiger partial charge in [-0.05, 0) is 35.7 Å². The summed E-state index contributed by atoms with van der Waals surface area (Å²) in [7, 11) is -0.842. The summed E-state index contributed by atoms with van der Waals surface area (Å²) in [5.41, 5.74) is 8.31. The summed E-state index contributed by atoms with van der Waals surface area (Å²) < 4.78 is 9.65. The van der Waals surface area contributed by atoms with Gasteiger partial charge in [-0.25, -0.2) is 14.8 Å². The number of anilines is 1. The van der Waals surface area contributed by atoms with Gasteiger partial charge in [0.2, 0.25) is 5.16 Å². The molecule has 0 fully saturated rings. The molecule has 126 valence electrons. The minimum atomic E-state index is -0.842. The molecule has 9 heteroatoms. The summed E-state index contributed by atoms with van der Waals surface area (Å²) >= 11 is 0. The van der Waals surface area contributed by atoms with Crippen LogP contribution in [0.1, 0.15) is 24.6 Å². The van der Waals surface area contributed by atoms with Gasteiger partial charge in [0.25, 0.3) is 0 Å². The van der Waals surface area contributed by atoms with Crippen molar-refractivity contribution < 1.29 is 0 Å². The molecule has 0 saturated heterocycles. The second-order valence-electron chi connectivity index (χ2n) is 5.51. The van der Waals surface area contributed by atoms with Crippen LogP contribution in [0.15, 0.2) is 28.3 Å². The van der Waals surface area contributed by atoms with Crippen LogP contribution in [0.25, 0.3) is 11.2 Å². The molecule has 24 heavy (non-hydrogen) atoms. The van der Waals surface area contributed by atoms with Crippen LogP contribution in [0.5, 0.6) is 0 Å². The molecule has 3 aromatic heterocycles. The largest absolute Gasteiger partial charge is 0.382 e. The molecule has 3 aromatic rings. The minimum Gasteiger partial charge on any atom is -0.382 e. The van der Waals surface area contributed by atoms with E-state index in [1.54, 1.807) is 6.20 Å². The molecule has 0 saturated carbocycles. The first-order valence-electron chi connectivity index (χ1n) is 7.59. The first kappa shape index (κ1) is 16.3. The zero-order chi connectivity index (χ0) is 17.3. The number of rotatable bonds is 5. The van der Waals surface area contributed by atoms with E-state index in [1.807, 2.05) is 26.0 Å². The zero-order valence-corrected chi connectivity index (χ0v) is 14.4. The molecule has 0 amide bonds. The molecule has 0 aliphatic rings. The van der Waals surface area contributed by atoms with Crippen molar-refractivity contribution in [2.45, 2.75) is 32.0 Å². The van der Waals surface area contributed by atoms with Crippen LogP contribution in [0, 0.1) is 11.7 Å². The first-order valence-corrected chi connectivity index (χ1v) is 8.98. The lowest BCUT2D eigenvalue weighted by Crippen LogP contribution is -2.18. The van der Waals surface area contributed by atoms with E-state index in [9.17, 15) is 4.79 Å². The third-order valence-electron chi connectivity index (χ3n) is 3.57. The van der Waals surface area contributed by atoms with Gasteiger partial charge in [0.05, 0.1) is 6.54 Å². The maximum Gasteiger partial charge on any atom is 0.328 e. The lowest BCUT2D eigenvalue weighted by molar-refractivity contribution is 0.767. The van der Waals surface area contributed by atoms with Gasteiger partial charge in [-0.3, -0.25) is 14.3 Å². The van der Waals surface area contributed by atoms with Crippen LogP contribution in [0.2, 0.25) is 0 Å². The van der Waals surface area contributed by atoms with Gasteiger partial charge >= 0.3 is 5.69 Å². The number of nitrogens with two attached hydrogens (primary N) is 1. The summed E-state index contributed by atoms with van der Waals surface area (Å²) in [6, 6.07) is 3.82. The second-order valence-corrected chi connectivity index (χ2v) is 7.06. The van der Waals surface area contributed by atoms with Crippen molar-refractivity contribution in [2.24, 2.45) is 0 Å². The van der Waals surface area contributed by atoms with Crippen molar-refractivity contribution in [1.82, 2.24) is 24.5 Å². The normalized spacial score (nSPS) is 12.6. The fraction of sp³-hybridized carbons (Fsp3) is 0.333. The highest BCUT2D eigenvalue weighted by atomic mass is 32.2. The van der Waals surface area contributed by atoms with Crippen molar-refractivity contribution in [1.29, 1.82) is 4.78 Å². The molecule has 3 rings (SSSR count). The van der Waals surface area contributed by atoms with E-state index >= 15 is 0 Å². The maximum absolute atomic E-state index is 12.3. The number of nitrogens with one attached hydrogen (secondary N) is 2. The molecule has 4 N–H and O–H groups in total. The molecule has 1 atom stereocenters. The average molecular weight is 345 g/mol. The average Bonchev–Trinajstić information content (AvgIpc) is 2.87. The maximum atomic E-state index is 12.3. The topological polar surface area (TPSA) is 126 Å². The number of nitrogens with zero attached hydrogens (tertiary/aromatic N) is 4. The van der Waals surface area contributed by atoms with E-state index in [0.29, 0.717) is 28.6 Å². The molecule has 3 heterocycles. The van der Waals surface area contributed by atoms with Gasteiger partial charge in [-0.15, -0.1) is 0 Å². The second kappa shape index (κ2) is 6.52. The van der Waals surface area contributed by atoms with Crippen LogP contribution in [0.4, 0.5) is 5.82 Å². The highest BCUT2D eigenvalue weighted by Crippen LogP contribution is 2.17. The molecule has 0 aromatic carbocycles. The van der Waals surface area contributed by atoms with Crippen molar-refractivity contribution >= 4 is 27.7 Å². The summed E-state index contributed by atoms with van der Waals surface area (Å²) in [5, 5.41) is 0.372. The number of aryl methyl sites for hydroxylation is 1. The highest BCUT2D eigenvalue weighted by molar-refractivity contribution is 7.85. The Morgan fingerprint density at radius 2 is 2.17 bits per heavy atom. The molecule has 0 spiro atoms. The van der Waals surface area contributed by atoms with Crippen LogP contribution < -0.4 is 11.4 Å². The van der Waals surface area contributed by atoms with Crippen molar-refractivity contribution in [3.8, 4) is 0 Å². The van der Waals surface area contributed by atoms with Crippen LogP contribution in [-0.4, -0.2) is 30.3 Å². The fourth-order valence-corrected chi connectivity index (χ4v) is 3.35. The number of H-pyrrole nitrogens is 1. The standard InChI is InChI=1S/C15H19N7OS/c1-3-6-24(17)14-20-12(16)11-13(21-14)22(15(23)19-11)8-10-5-4-9(2)18-7-10/h4-5,7,17H,3,6,8H2,1-2H3,(H,19,23)(H2,16,20,21). The van der Waals surface area contributed by atoms with Gasteiger partial charge in [-0.2, -0.15) is 0 Å². The van der Waals surface area contributed by atoms with Crippen molar-refractivity contribution in [2.75, 3.05) is 11.5 Å². The molecule has 0 radical (unpaired) electrons. The Balaban J connectivity index is 2.09. The number of fused-ring (bicyclic) bond motifs is 1. The lowest BCUT2D eigenvalue weighted by Gasteiger charge is -2.07. The van der Waals surface area contributed by atoms with Crippen LogP contribution in [-0.2, 0) is 17.2 Å². The number of hydrogen-bond donors (Lipinski definition) is 3. The molecule has 1 unspecified atom stereocenters. The van der Waals surface area contributed by atoms with E-state index in [0.717, 1.165) is 17.7 Å². The SMILES string of the molecule is CCCS(=N)c1nc(N)c2[nH]c(=O)n(Cc3ccc(C)nc3)c2n1. The minimum absolute atomic E-state index is 0.203. The van der Waals surface area contributed by atoms with Crippen molar-refractivity contribution in [3.05, 3.63) is 40.1 Å². The summed E-state index contributed by atoms with van der Waals surface area (Å²) in [6.45, 7) is 4.25. The summed E-state index contributed by atoms with van der Waals surface area (Å²) in [6.07, 6.45) is 2.60. The number of aromatic amines is 1. The first-order chi connectivity index (χ1) is 11.5. The van der Waals surface area contributed by atoms with Crippen LogP contribution in [0.3, 0.4) is 0 Å². The van der Waals surface area contributed by atoms with Crippen LogP contribution >= 0.6 is 0 Å². The third-order valence-corrected chi connectivity index (χ3v) is 5.01. The van der Waals surface area contributed by atoms with E-state index in [2.05, 4.69) is 19.9 Å². The lowest BCUT2D eigenvalue weighted by atomic mass is 10.2. The predicted octanol–water partition coefficient (Wildman–Crippen LogP) is 1.60. The Bertz CT molecular complexity index is 958. The number of nitrogen functional groups attached to an aromatic ring is 1. The third kappa shape index (κ3) is 3.07. The molecule has 0 aliphatic heterocycles. The van der Waals surface area contributed by atoms with E-state index in [-0.39, 0.29) is 11.5 Å². The van der Waals surface area contributed by atoms with Gasteiger partial charge in [0, 0.05) is 17.6 Å².